The Kier molecular flexibility index (Phi) is 6.55. The molecule has 2 heterocycles. The Balaban J connectivity index is 1.77. The molecule has 1 fully saturated rings. The van der Waals surface area contributed by atoms with Crippen LogP contribution < -0.4 is 10.1 Å². The molecule has 0 spiro atoms. The zero-order valence-electron chi connectivity index (χ0n) is 16.0. The zero-order chi connectivity index (χ0) is 19.3. The molecule has 27 heavy (non-hydrogen) atoms. The van der Waals surface area contributed by atoms with Gasteiger partial charge in [-0.15, -0.1) is 0 Å². The topological polar surface area (TPSA) is 60.5 Å². The van der Waals surface area contributed by atoms with Crippen molar-refractivity contribution < 1.29 is 14.3 Å². The lowest BCUT2D eigenvalue weighted by Gasteiger charge is -2.37. The van der Waals surface area contributed by atoms with Gasteiger partial charge in [0.2, 0.25) is 0 Å². The van der Waals surface area contributed by atoms with Gasteiger partial charge in [0.05, 0.1) is 31.2 Å². The SMILES string of the molecule is COC(=O)CC1(CCCc2c(Cl)cnc3ccc(OC)cc23)CCNCC1. The van der Waals surface area contributed by atoms with Crippen LogP contribution in [0.3, 0.4) is 0 Å². The molecule has 1 saturated heterocycles. The van der Waals surface area contributed by atoms with E-state index in [1.165, 1.54) is 7.11 Å². The first kappa shape index (κ1) is 19.9. The van der Waals surface area contributed by atoms with Crippen LogP contribution in [0.1, 0.15) is 37.7 Å². The van der Waals surface area contributed by atoms with Crippen molar-refractivity contribution in [2.24, 2.45) is 5.41 Å². The molecule has 0 atom stereocenters. The highest BCUT2D eigenvalue weighted by molar-refractivity contribution is 6.32. The number of benzene rings is 1. The smallest absolute Gasteiger partial charge is 0.306 e. The van der Waals surface area contributed by atoms with Gasteiger partial charge < -0.3 is 14.8 Å². The van der Waals surface area contributed by atoms with Gasteiger partial charge in [-0.25, -0.2) is 0 Å². The number of nitrogens with zero attached hydrogens (tertiary/aromatic N) is 1. The molecule has 5 nitrogen and oxygen atoms in total. The Hall–Kier alpha value is -1.85. The van der Waals surface area contributed by atoms with E-state index in [1.54, 1.807) is 13.3 Å². The molecule has 2 aromatic rings. The van der Waals surface area contributed by atoms with Crippen molar-refractivity contribution in [3.05, 3.63) is 35.0 Å². The van der Waals surface area contributed by atoms with Crippen LogP contribution in [0.4, 0.5) is 0 Å². The number of carbonyl (C=O) groups excluding carboxylic acids is 1. The summed E-state index contributed by atoms with van der Waals surface area (Å²) in [5.41, 5.74) is 2.04. The summed E-state index contributed by atoms with van der Waals surface area (Å²) >= 11 is 6.47. The van der Waals surface area contributed by atoms with Gasteiger partial charge >= 0.3 is 5.97 Å². The molecule has 1 N–H and O–H groups in total. The first-order valence-electron chi connectivity index (χ1n) is 9.45. The van der Waals surface area contributed by atoms with Gasteiger partial charge in [0.1, 0.15) is 5.75 Å². The summed E-state index contributed by atoms with van der Waals surface area (Å²) in [5, 5.41) is 5.11. The Labute approximate surface area is 165 Å². The third-order valence-electron chi connectivity index (χ3n) is 5.68. The highest BCUT2D eigenvalue weighted by atomic mass is 35.5. The van der Waals surface area contributed by atoms with Crippen LogP contribution in [0, 0.1) is 5.41 Å². The maximum Gasteiger partial charge on any atom is 0.306 e. The van der Waals surface area contributed by atoms with Crippen LogP contribution in [-0.2, 0) is 16.0 Å². The number of fused-ring (bicyclic) bond motifs is 1. The quantitative estimate of drug-likeness (QED) is 0.719. The molecule has 1 aliphatic heterocycles. The highest BCUT2D eigenvalue weighted by Gasteiger charge is 2.34. The standard InChI is InChI=1S/C21H27ClN2O3/c1-26-15-5-6-19-17(12-15)16(18(22)14-24-19)4-3-7-21(13-20(25)27-2)8-10-23-11-9-21/h5-6,12,14,23H,3-4,7-11,13H2,1-2H3. The number of methoxy groups -OCH3 is 2. The zero-order valence-corrected chi connectivity index (χ0v) is 16.8. The van der Waals surface area contributed by atoms with E-state index in [4.69, 9.17) is 21.1 Å². The number of aromatic nitrogens is 1. The summed E-state index contributed by atoms with van der Waals surface area (Å²) in [5.74, 6) is 0.683. The number of pyridine rings is 1. The fraction of sp³-hybridized carbons (Fsp3) is 0.524. The maximum absolute atomic E-state index is 11.9. The third-order valence-corrected chi connectivity index (χ3v) is 6.00. The van der Waals surface area contributed by atoms with Crippen molar-refractivity contribution in [1.82, 2.24) is 10.3 Å². The minimum absolute atomic E-state index is 0.0192. The van der Waals surface area contributed by atoms with Crippen molar-refractivity contribution in [2.45, 2.75) is 38.5 Å². The molecule has 0 bridgehead atoms. The van der Waals surface area contributed by atoms with Gasteiger partial charge in [0, 0.05) is 11.6 Å². The lowest BCUT2D eigenvalue weighted by atomic mass is 9.72. The lowest BCUT2D eigenvalue weighted by molar-refractivity contribution is -0.144. The molecule has 1 aromatic carbocycles. The van der Waals surface area contributed by atoms with Gasteiger partial charge in [-0.05, 0) is 74.4 Å². The predicted octanol–water partition coefficient (Wildman–Crippen LogP) is 4.15. The number of aryl methyl sites for hydroxylation is 1. The highest BCUT2D eigenvalue weighted by Crippen LogP contribution is 2.39. The molecule has 6 heteroatoms. The van der Waals surface area contributed by atoms with Crippen molar-refractivity contribution in [1.29, 1.82) is 0 Å². The van der Waals surface area contributed by atoms with Crippen molar-refractivity contribution in [3.8, 4) is 5.75 Å². The van der Waals surface area contributed by atoms with Crippen molar-refractivity contribution >= 4 is 28.5 Å². The normalized spacial score (nSPS) is 16.3. The van der Waals surface area contributed by atoms with E-state index in [0.717, 1.165) is 67.4 Å². The number of rotatable bonds is 7. The van der Waals surface area contributed by atoms with Crippen LogP contribution in [-0.4, -0.2) is 38.3 Å². The van der Waals surface area contributed by atoms with Crippen LogP contribution in [0.15, 0.2) is 24.4 Å². The van der Waals surface area contributed by atoms with E-state index >= 15 is 0 Å². The summed E-state index contributed by atoms with van der Waals surface area (Å²) < 4.78 is 10.3. The van der Waals surface area contributed by atoms with E-state index in [9.17, 15) is 4.79 Å². The Morgan fingerprint density at radius 2 is 2.07 bits per heavy atom. The minimum atomic E-state index is -0.117. The Bertz CT molecular complexity index is 803. The number of hydrogen-bond acceptors (Lipinski definition) is 5. The van der Waals surface area contributed by atoms with Gasteiger partial charge in [-0.2, -0.15) is 0 Å². The minimum Gasteiger partial charge on any atom is -0.497 e. The molecular weight excluding hydrogens is 364 g/mol. The second kappa shape index (κ2) is 8.89. The van der Waals surface area contributed by atoms with E-state index in [2.05, 4.69) is 10.3 Å². The van der Waals surface area contributed by atoms with E-state index in [1.807, 2.05) is 18.2 Å². The van der Waals surface area contributed by atoms with Crippen LogP contribution in [0.5, 0.6) is 5.75 Å². The molecule has 0 amide bonds. The van der Waals surface area contributed by atoms with Crippen molar-refractivity contribution in [3.63, 3.8) is 0 Å². The predicted molar refractivity (Wildman–Crippen MR) is 107 cm³/mol. The molecule has 0 unspecified atom stereocenters. The van der Waals surface area contributed by atoms with E-state index < -0.39 is 0 Å². The number of nitrogens with one attached hydrogen (secondary N) is 1. The molecule has 0 radical (unpaired) electrons. The maximum atomic E-state index is 11.9. The second-order valence-electron chi connectivity index (χ2n) is 7.32. The number of piperidine rings is 1. The summed E-state index contributed by atoms with van der Waals surface area (Å²) in [4.78, 5) is 16.4. The molecule has 0 saturated carbocycles. The number of hydrogen-bond donors (Lipinski definition) is 1. The van der Waals surface area contributed by atoms with Gasteiger partial charge in [0.25, 0.3) is 0 Å². The molecule has 1 aliphatic rings. The molecular formula is C21H27ClN2O3. The third kappa shape index (κ3) is 4.71. The average Bonchev–Trinajstić information content (AvgIpc) is 2.69. The Morgan fingerprint density at radius 1 is 1.30 bits per heavy atom. The lowest BCUT2D eigenvalue weighted by Crippen LogP contribution is -2.38. The van der Waals surface area contributed by atoms with Crippen LogP contribution in [0.25, 0.3) is 10.9 Å². The summed E-state index contributed by atoms with van der Waals surface area (Å²) in [7, 11) is 3.12. The van der Waals surface area contributed by atoms with Gasteiger partial charge in [0.15, 0.2) is 0 Å². The molecule has 3 rings (SSSR count). The number of ether oxygens (including phenoxy) is 2. The van der Waals surface area contributed by atoms with Gasteiger partial charge in [-0.3, -0.25) is 9.78 Å². The fourth-order valence-corrected chi connectivity index (χ4v) is 4.32. The Morgan fingerprint density at radius 3 is 2.78 bits per heavy atom. The van der Waals surface area contributed by atoms with Crippen LogP contribution in [0.2, 0.25) is 5.02 Å². The number of carbonyl (C=O) groups is 1. The first-order valence-corrected chi connectivity index (χ1v) is 9.83. The summed E-state index contributed by atoms with van der Waals surface area (Å²) in [6.45, 7) is 1.90. The van der Waals surface area contributed by atoms with Gasteiger partial charge in [-0.1, -0.05) is 11.6 Å². The largest absolute Gasteiger partial charge is 0.497 e. The van der Waals surface area contributed by atoms with E-state index in [0.29, 0.717) is 11.4 Å². The number of halogens is 1. The average molecular weight is 391 g/mol. The number of esters is 1. The van der Waals surface area contributed by atoms with Crippen molar-refractivity contribution in [2.75, 3.05) is 27.3 Å². The van der Waals surface area contributed by atoms with E-state index in [-0.39, 0.29) is 11.4 Å². The monoisotopic (exact) mass is 390 g/mol. The molecule has 1 aromatic heterocycles. The molecule has 146 valence electrons. The fourth-order valence-electron chi connectivity index (χ4n) is 4.07. The summed E-state index contributed by atoms with van der Waals surface area (Å²) in [6, 6.07) is 5.87. The first-order chi connectivity index (χ1) is 13.1. The summed E-state index contributed by atoms with van der Waals surface area (Å²) in [6.07, 6.45) is 7.01. The molecule has 0 aliphatic carbocycles. The van der Waals surface area contributed by atoms with Crippen LogP contribution >= 0.6 is 11.6 Å². The second-order valence-corrected chi connectivity index (χ2v) is 7.73.